The maximum Gasteiger partial charge on any atom is 0.458 e. The minimum atomic E-state index is -5.91. The minimum absolute atomic E-state index is 0.0483. The van der Waals surface area contributed by atoms with E-state index < -0.39 is 41.3 Å². The smallest absolute Gasteiger partial charge is 0.383 e. The number of hydrogen-bond acceptors (Lipinski definition) is 5. The van der Waals surface area contributed by atoms with Gasteiger partial charge in [-0.25, -0.2) is 9.37 Å². The van der Waals surface area contributed by atoms with Gasteiger partial charge in [0.1, 0.15) is 11.6 Å². The molecule has 0 fully saturated rings. The van der Waals surface area contributed by atoms with Crippen LogP contribution in [0.3, 0.4) is 0 Å². The van der Waals surface area contributed by atoms with Gasteiger partial charge < -0.3 is 16.0 Å². The van der Waals surface area contributed by atoms with Crippen molar-refractivity contribution in [2.45, 2.75) is 25.1 Å². The summed E-state index contributed by atoms with van der Waals surface area (Å²) < 4.78 is 78.9. The Morgan fingerprint density at radius 1 is 1.18 bits per heavy atom. The molecule has 0 bridgehead atoms. The molecule has 0 saturated carbocycles. The van der Waals surface area contributed by atoms with E-state index in [4.69, 9.17) is 5.73 Å². The third-order valence-electron chi connectivity index (χ3n) is 5.03. The van der Waals surface area contributed by atoms with Crippen LogP contribution in [-0.4, -0.2) is 45.1 Å². The Hall–Kier alpha value is -3.84. The zero-order chi connectivity index (χ0) is 24.7. The van der Waals surface area contributed by atoms with Crippen LogP contribution < -0.4 is 11.1 Å². The highest BCUT2D eigenvalue weighted by Crippen LogP contribution is 2.44. The number of nitrogens with zero attached hydrogens (tertiary/aromatic N) is 3. The third-order valence-corrected chi connectivity index (χ3v) is 5.03. The van der Waals surface area contributed by atoms with Crippen molar-refractivity contribution in [1.29, 1.82) is 0 Å². The minimum Gasteiger partial charge on any atom is -0.383 e. The summed E-state index contributed by atoms with van der Waals surface area (Å²) in [5.41, 5.74) is 4.11. The molecule has 1 atom stereocenters. The molecule has 1 aromatic carbocycles. The topological polar surface area (TPSA) is 117 Å². The molecule has 2 heterocycles. The molecule has 2 amide bonds. The van der Waals surface area contributed by atoms with Crippen LogP contribution in [0.5, 0.6) is 0 Å². The summed E-state index contributed by atoms with van der Waals surface area (Å²) in [7, 11) is 1.14. The van der Waals surface area contributed by atoms with E-state index in [1.54, 1.807) is 0 Å². The summed E-state index contributed by atoms with van der Waals surface area (Å²) in [5.74, 6) is -8.82. The molecule has 0 saturated heterocycles. The number of H-pyrrole nitrogens is 1. The van der Waals surface area contributed by atoms with Gasteiger partial charge in [0.25, 0.3) is 0 Å². The van der Waals surface area contributed by atoms with Gasteiger partial charge in [-0.3, -0.25) is 14.7 Å². The number of hydrogen-bond donors (Lipinski definition) is 3. The normalized spacial score (nSPS) is 13.1. The van der Waals surface area contributed by atoms with Crippen LogP contribution >= 0.6 is 0 Å². The van der Waals surface area contributed by atoms with Crippen molar-refractivity contribution < 1.29 is 35.9 Å². The number of halogens is 6. The van der Waals surface area contributed by atoms with Crippen molar-refractivity contribution >= 4 is 34.2 Å². The molecule has 0 aliphatic carbocycles. The van der Waals surface area contributed by atoms with Gasteiger partial charge in [-0.15, -0.1) is 0 Å². The Morgan fingerprint density at radius 2 is 1.85 bits per heavy atom. The number of rotatable bonds is 4. The van der Waals surface area contributed by atoms with E-state index in [0.717, 1.165) is 11.9 Å². The largest absolute Gasteiger partial charge is 0.458 e. The number of amides is 2. The maximum absolute atomic E-state index is 14.4. The lowest BCUT2D eigenvalue weighted by molar-refractivity contribution is -0.289. The number of nitrogens with one attached hydrogen (secondary N) is 2. The molecule has 2 aromatic heterocycles. The Labute approximate surface area is 181 Å². The number of nitrogen functional groups attached to an aromatic ring is 1. The second-order valence-corrected chi connectivity index (χ2v) is 7.07. The lowest BCUT2D eigenvalue weighted by atomic mass is 10.0. The number of alkyl halides is 5. The number of nitrogens with two attached hydrogens (primary N) is 1. The molecule has 0 radical (unpaired) electrons. The second kappa shape index (κ2) is 8.26. The van der Waals surface area contributed by atoms with Crippen LogP contribution in [0.1, 0.15) is 24.1 Å². The number of carbonyl (C=O) groups is 2. The van der Waals surface area contributed by atoms with Gasteiger partial charge in [-0.1, -0.05) is 12.1 Å². The lowest BCUT2D eigenvalue weighted by Crippen LogP contribution is -2.39. The molecule has 0 unspecified atom stereocenters. The Kier molecular flexibility index (Phi) is 5.96. The number of likely N-dealkylation sites (N-methyl/N-ethyl adjacent to an activating group) is 1. The van der Waals surface area contributed by atoms with E-state index in [1.807, 2.05) is 0 Å². The number of anilines is 2. The van der Waals surface area contributed by atoms with E-state index >= 15 is 0 Å². The molecule has 0 aliphatic rings. The summed E-state index contributed by atoms with van der Waals surface area (Å²) in [4.78, 5) is 29.6. The van der Waals surface area contributed by atoms with Crippen LogP contribution in [0.15, 0.2) is 30.6 Å². The molecule has 3 aromatic rings. The van der Waals surface area contributed by atoms with Gasteiger partial charge in [-0.05, 0) is 13.0 Å². The highest BCUT2D eigenvalue weighted by Gasteiger charge is 2.58. The average Bonchev–Trinajstić information content (AvgIpc) is 3.24. The molecular weight excluding hydrogens is 458 g/mol. The lowest BCUT2D eigenvalue weighted by Gasteiger charge is -2.26. The molecule has 3 rings (SSSR count). The van der Waals surface area contributed by atoms with Gasteiger partial charge in [0.2, 0.25) is 0 Å². The van der Waals surface area contributed by atoms with Crippen LogP contribution in [-0.2, 0) is 15.5 Å². The highest BCUT2D eigenvalue weighted by molar-refractivity contribution is 6.40. The number of pyridine rings is 1. The Bertz CT molecular complexity index is 1230. The molecule has 0 aliphatic heterocycles. The van der Waals surface area contributed by atoms with Crippen LogP contribution in [0.4, 0.5) is 37.8 Å². The predicted octanol–water partition coefficient (Wildman–Crippen LogP) is 3.49. The van der Waals surface area contributed by atoms with Crippen molar-refractivity contribution in [3.8, 4) is 0 Å². The van der Waals surface area contributed by atoms with Crippen LogP contribution in [0.25, 0.3) is 10.9 Å². The van der Waals surface area contributed by atoms with Crippen LogP contribution in [0.2, 0.25) is 0 Å². The first-order valence-corrected chi connectivity index (χ1v) is 9.15. The van der Waals surface area contributed by atoms with Gasteiger partial charge >= 0.3 is 23.9 Å². The van der Waals surface area contributed by atoms with E-state index in [-0.39, 0.29) is 23.1 Å². The van der Waals surface area contributed by atoms with Gasteiger partial charge in [0, 0.05) is 18.2 Å². The summed E-state index contributed by atoms with van der Waals surface area (Å²) in [5, 5.41) is 9.05. The Balaban J connectivity index is 1.79. The zero-order valence-electron chi connectivity index (χ0n) is 17.0. The summed E-state index contributed by atoms with van der Waals surface area (Å²) in [6.45, 7) is 1.27. The summed E-state index contributed by atoms with van der Waals surface area (Å²) in [6.07, 6.45) is -3.36. The van der Waals surface area contributed by atoms with E-state index in [9.17, 15) is 35.9 Å². The van der Waals surface area contributed by atoms with E-state index in [2.05, 4.69) is 20.5 Å². The summed E-state index contributed by atoms with van der Waals surface area (Å²) >= 11 is 0. The van der Waals surface area contributed by atoms with Crippen molar-refractivity contribution in [3.63, 3.8) is 0 Å². The van der Waals surface area contributed by atoms with Gasteiger partial charge in [-0.2, -0.15) is 27.1 Å². The molecular formula is C19H16F6N6O2. The van der Waals surface area contributed by atoms with Gasteiger partial charge in [0.05, 0.1) is 35.0 Å². The number of aromatic nitrogens is 3. The van der Waals surface area contributed by atoms with Crippen LogP contribution in [0, 0.1) is 5.82 Å². The number of carbonyl (C=O) groups excluding carboxylic acids is 2. The third kappa shape index (κ3) is 4.27. The first-order chi connectivity index (χ1) is 15.3. The fourth-order valence-electron chi connectivity index (χ4n) is 2.99. The number of benzene rings is 1. The first-order valence-electron chi connectivity index (χ1n) is 9.15. The zero-order valence-corrected chi connectivity index (χ0v) is 17.0. The maximum atomic E-state index is 14.4. The standard InChI is InChI=1S/C19H16F6N6O2/c1-8(10-4-3-9(5-12(10)20)18(21,22)19(23,24)25)31(2)17(33)16(32)29-13-7-27-15(26)11-6-28-30-14(11)13/h3-8H,1-2H3,(H2,26,27)(H,28,30)(H,29,32)/t8-/m1/s1. The molecule has 0 spiro atoms. The van der Waals surface area contributed by atoms with E-state index in [0.29, 0.717) is 23.0 Å². The second-order valence-electron chi connectivity index (χ2n) is 7.07. The SMILES string of the molecule is C[C@H](c1ccc(C(F)(F)C(F)(F)F)cc1F)N(C)C(=O)C(=O)Nc1cnc(N)c2cn[nH]c12. The number of aromatic amines is 1. The summed E-state index contributed by atoms with van der Waals surface area (Å²) in [6, 6.07) is -0.0226. The predicted molar refractivity (Wildman–Crippen MR) is 104 cm³/mol. The fourth-order valence-corrected chi connectivity index (χ4v) is 2.99. The van der Waals surface area contributed by atoms with Crippen molar-refractivity contribution in [2.24, 2.45) is 0 Å². The Morgan fingerprint density at radius 3 is 2.45 bits per heavy atom. The molecule has 176 valence electrons. The molecule has 33 heavy (non-hydrogen) atoms. The molecule has 4 N–H and O–H groups in total. The number of fused-ring (bicyclic) bond motifs is 1. The van der Waals surface area contributed by atoms with E-state index in [1.165, 1.54) is 19.3 Å². The highest BCUT2D eigenvalue weighted by atomic mass is 19.4. The average molecular weight is 474 g/mol. The quantitative estimate of drug-likeness (QED) is 0.395. The van der Waals surface area contributed by atoms with Gasteiger partial charge in [0.15, 0.2) is 0 Å². The van der Waals surface area contributed by atoms with Crippen molar-refractivity contribution in [2.75, 3.05) is 18.1 Å². The monoisotopic (exact) mass is 474 g/mol. The molecule has 8 nitrogen and oxygen atoms in total. The van der Waals surface area contributed by atoms with Crippen molar-refractivity contribution in [1.82, 2.24) is 20.1 Å². The fraction of sp³-hybridized carbons (Fsp3) is 0.263. The van der Waals surface area contributed by atoms with Crippen molar-refractivity contribution in [3.05, 3.63) is 47.5 Å². The first kappa shape index (κ1) is 23.8. The molecule has 14 heteroatoms.